The number of amides is 1. The number of benzene rings is 3. The molecule has 0 spiro atoms. The van der Waals surface area contributed by atoms with E-state index < -0.39 is 0 Å². The lowest BCUT2D eigenvalue weighted by molar-refractivity contribution is 0.0951. The quantitative estimate of drug-likeness (QED) is 0.490. The number of carbonyl (C=O) groups is 1. The molecule has 7 heteroatoms. The Hall–Kier alpha value is -2.40. The first-order valence-corrected chi connectivity index (χ1v) is 9.05. The minimum atomic E-state index is -0.340. The smallest absolute Gasteiger partial charge is 0.251 e. The topological polar surface area (TPSA) is 58.6 Å². The van der Waals surface area contributed by atoms with Crippen LogP contribution in [0.2, 0.25) is 15.1 Å². The van der Waals surface area contributed by atoms with E-state index in [4.69, 9.17) is 39.5 Å². The van der Waals surface area contributed by atoms with Gasteiger partial charge < -0.3 is 15.2 Å². The molecule has 0 aromatic heterocycles. The molecule has 3 rings (SSSR count). The monoisotopic (exact) mass is 421 g/mol. The van der Waals surface area contributed by atoms with Crippen molar-refractivity contribution in [1.82, 2.24) is 5.32 Å². The summed E-state index contributed by atoms with van der Waals surface area (Å²) in [6, 6.07) is 17.3. The number of phenolic OH excluding ortho intramolecular Hbond substituents is 1. The van der Waals surface area contributed by atoms with Crippen molar-refractivity contribution in [3.05, 3.63) is 86.9 Å². The number of rotatable bonds is 5. The summed E-state index contributed by atoms with van der Waals surface area (Å²) in [6.07, 6.45) is 0. The van der Waals surface area contributed by atoms with Crippen LogP contribution in [0.1, 0.15) is 15.9 Å². The zero-order valence-electron chi connectivity index (χ0n) is 13.9. The van der Waals surface area contributed by atoms with E-state index in [0.717, 1.165) is 0 Å². The molecule has 1 amide bonds. The molecule has 0 bridgehead atoms. The van der Waals surface area contributed by atoms with Crippen molar-refractivity contribution in [2.24, 2.45) is 0 Å². The molecule has 0 radical (unpaired) electrons. The van der Waals surface area contributed by atoms with Gasteiger partial charge in [-0.15, -0.1) is 0 Å². The normalized spacial score (nSPS) is 10.5. The number of nitrogens with one attached hydrogen (secondary N) is 1. The minimum absolute atomic E-state index is 0.0218. The van der Waals surface area contributed by atoms with Crippen molar-refractivity contribution < 1.29 is 14.6 Å². The molecule has 0 aliphatic heterocycles. The molecule has 0 unspecified atom stereocenters. The average Bonchev–Trinajstić information content (AvgIpc) is 2.67. The molecule has 0 atom stereocenters. The summed E-state index contributed by atoms with van der Waals surface area (Å²) in [5, 5.41) is 13.1. The van der Waals surface area contributed by atoms with E-state index >= 15 is 0 Å². The van der Waals surface area contributed by atoms with E-state index in [-0.39, 0.29) is 38.8 Å². The Bertz CT molecular complexity index is 934. The van der Waals surface area contributed by atoms with Crippen molar-refractivity contribution in [1.29, 1.82) is 0 Å². The van der Waals surface area contributed by atoms with Crippen molar-refractivity contribution in [2.45, 2.75) is 6.54 Å². The summed E-state index contributed by atoms with van der Waals surface area (Å²) in [5.74, 6) is 0.767. The van der Waals surface area contributed by atoms with Crippen LogP contribution in [0.25, 0.3) is 0 Å². The highest BCUT2D eigenvalue weighted by atomic mass is 35.5. The molecule has 2 N–H and O–H groups in total. The maximum Gasteiger partial charge on any atom is 0.251 e. The molecule has 0 aliphatic carbocycles. The van der Waals surface area contributed by atoms with Crippen LogP contribution in [0.4, 0.5) is 0 Å². The zero-order valence-corrected chi connectivity index (χ0v) is 16.1. The number of carbonyl (C=O) groups excluding carboxylic acids is 1. The molecule has 3 aromatic carbocycles. The van der Waals surface area contributed by atoms with Gasteiger partial charge in [0.2, 0.25) is 0 Å². The fraction of sp³-hybridized carbons (Fsp3) is 0.0500. The molecular weight excluding hydrogens is 409 g/mol. The van der Waals surface area contributed by atoms with E-state index in [0.29, 0.717) is 17.1 Å². The van der Waals surface area contributed by atoms with Crippen LogP contribution in [-0.4, -0.2) is 11.0 Å². The molecule has 0 saturated carbocycles. The summed E-state index contributed by atoms with van der Waals surface area (Å²) in [7, 11) is 0. The van der Waals surface area contributed by atoms with Crippen molar-refractivity contribution in [2.75, 3.05) is 0 Å². The molecule has 0 fully saturated rings. The average molecular weight is 423 g/mol. The van der Waals surface area contributed by atoms with E-state index in [1.54, 1.807) is 24.3 Å². The second-order valence-electron chi connectivity index (χ2n) is 5.60. The van der Waals surface area contributed by atoms with Gasteiger partial charge in [-0.2, -0.15) is 0 Å². The predicted molar refractivity (Wildman–Crippen MR) is 107 cm³/mol. The lowest BCUT2D eigenvalue weighted by atomic mass is 10.1. The van der Waals surface area contributed by atoms with Gasteiger partial charge in [-0.1, -0.05) is 53.0 Å². The summed E-state index contributed by atoms with van der Waals surface area (Å²) in [5.41, 5.74) is 0.686. The first-order valence-electron chi connectivity index (χ1n) is 7.92. The Morgan fingerprint density at radius 3 is 2.22 bits per heavy atom. The molecule has 0 heterocycles. The number of aromatic hydroxyl groups is 1. The Kier molecular flexibility index (Phi) is 6.11. The molecule has 3 aromatic rings. The maximum atomic E-state index is 12.3. The molecule has 0 saturated heterocycles. The van der Waals surface area contributed by atoms with E-state index in [1.807, 2.05) is 30.3 Å². The number of hydrogen-bond acceptors (Lipinski definition) is 3. The number of ether oxygens (including phenoxy) is 1. The third kappa shape index (κ3) is 4.66. The van der Waals surface area contributed by atoms with Crippen LogP contribution in [0, 0.1) is 0 Å². The second-order valence-corrected chi connectivity index (χ2v) is 6.80. The van der Waals surface area contributed by atoms with Gasteiger partial charge in [0.1, 0.15) is 17.2 Å². The van der Waals surface area contributed by atoms with E-state index in [9.17, 15) is 9.90 Å². The molecule has 0 aliphatic rings. The lowest BCUT2D eigenvalue weighted by Gasteiger charge is -2.12. The maximum absolute atomic E-state index is 12.3. The molecule has 27 heavy (non-hydrogen) atoms. The number of phenols is 1. The number of halogens is 3. The van der Waals surface area contributed by atoms with Gasteiger partial charge in [0, 0.05) is 17.7 Å². The van der Waals surface area contributed by atoms with Gasteiger partial charge in [-0.25, -0.2) is 0 Å². The van der Waals surface area contributed by atoms with Crippen LogP contribution in [-0.2, 0) is 6.54 Å². The van der Waals surface area contributed by atoms with Crippen LogP contribution < -0.4 is 10.1 Å². The highest BCUT2D eigenvalue weighted by Crippen LogP contribution is 2.38. The van der Waals surface area contributed by atoms with Crippen molar-refractivity contribution >= 4 is 40.7 Å². The van der Waals surface area contributed by atoms with Gasteiger partial charge in [0.25, 0.3) is 5.91 Å². The standard InChI is InChI=1S/C20H14Cl3NO3/c21-16-10-17(22)19(25)15(18(16)23)11-24-20(26)12-6-8-14(9-7-12)27-13-4-2-1-3-5-13/h1-10,25H,11H2,(H,24,26). The van der Waals surface area contributed by atoms with E-state index in [1.165, 1.54) is 6.07 Å². The minimum Gasteiger partial charge on any atom is -0.506 e. The van der Waals surface area contributed by atoms with Gasteiger partial charge >= 0.3 is 0 Å². The summed E-state index contributed by atoms with van der Waals surface area (Å²) >= 11 is 17.9. The Morgan fingerprint density at radius 1 is 0.926 bits per heavy atom. The fourth-order valence-corrected chi connectivity index (χ4v) is 3.08. The Morgan fingerprint density at radius 2 is 1.56 bits per heavy atom. The van der Waals surface area contributed by atoms with Gasteiger partial charge in [0.15, 0.2) is 0 Å². The largest absolute Gasteiger partial charge is 0.506 e. The summed E-state index contributed by atoms with van der Waals surface area (Å²) < 4.78 is 5.69. The SMILES string of the molecule is O=C(NCc1c(O)c(Cl)cc(Cl)c1Cl)c1ccc(Oc2ccccc2)cc1. The van der Waals surface area contributed by atoms with Gasteiger partial charge in [0.05, 0.1) is 15.1 Å². The summed E-state index contributed by atoms with van der Waals surface area (Å²) in [4.78, 5) is 12.3. The highest BCUT2D eigenvalue weighted by Gasteiger charge is 2.16. The van der Waals surface area contributed by atoms with Crippen LogP contribution >= 0.6 is 34.8 Å². The van der Waals surface area contributed by atoms with Crippen LogP contribution in [0.15, 0.2) is 60.7 Å². The molecule has 4 nitrogen and oxygen atoms in total. The fourth-order valence-electron chi connectivity index (χ4n) is 2.37. The third-order valence-corrected chi connectivity index (χ3v) is 4.88. The summed E-state index contributed by atoms with van der Waals surface area (Å²) in [6.45, 7) is -0.0218. The first kappa shape index (κ1) is 19.4. The Labute approximate surface area is 171 Å². The van der Waals surface area contributed by atoms with Gasteiger partial charge in [-0.05, 0) is 42.5 Å². The number of para-hydroxylation sites is 1. The lowest BCUT2D eigenvalue weighted by Crippen LogP contribution is -2.23. The molecule has 138 valence electrons. The van der Waals surface area contributed by atoms with Crippen molar-refractivity contribution in [3.8, 4) is 17.2 Å². The highest BCUT2D eigenvalue weighted by molar-refractivity contribution is 6.44. The predicted octanol–water partition coefficient (Wildman–Crippen LogP) is 6.07. The van der Waals surface area contributed by atoms with E-state index in [2.05, 4.69) is 5.32 Å². The molecular formula is C20H14Cl3NO3. The zero-order chi connectivity index (χ0) is 19.4. The second kappa shape index (κ2) is 8.53. The van der Waals surface area contributed by atoms with Crippen molar-refractivity contribution in [3.63, 3.8) is 0 Å². The third-order valence-electron chi connectivity index (χ3n) is 3.76. The number of hydrogen-bond donors (Lipinski definition) is 2. The first-order chi connectivity index (χ1) is 13.0. The van der Waals surface area contributed by atoms with Crippen LogP contribution in [0.3, 0.4) is 0 Å². The van der Waals surface area contributed by atoms with Gasteiger partial charge in [-0.3, -0.25) is 4.79 Å². The Balaban J connectivity index is 1.67. The van der Waals surface area contributed by atoms with Crippen LogP contribution in [0.5, 0.6) is 17.2 Å².